The van der Waals surface area contributed by atoms with Gasteiger partial charge in [0.15, 0.2) is 0 Å². The summed E-state index contributed by atoms with van der Waals surface area (Å²) in [5, 5.41) is 3.34. The molecule has 1 N–H and O–H groups in total. The van der Waals surface area contributed by atoms with E-state index in [2.05, 4.69) is 21.7 Å². The zero-order valence-corrected chi connectivity index (χ0v) is 19.3. The molecule has 0 spiro atoms. The van der Waals surface area contributed by atoms with Crippen molar-refractivity contribution < 1.29 is 9.18 Å². The summed E-state index contributed by atoms with van der Waals surface area (Å²) >= 11 is 0. The van der Waals surface area contributed by atoms with E-state index in [1.54, 1.807) is 6.07 Å². The van der Waals surface area contributed by atoms with Crippen molar-refractivity contribution in [3.05, 3.63) is 59.9 Å². The molecule has 1 aromatic heterocycles. The van der Waals surface area contributed by atoms with Crippen LogP contribution in [0.1, 0.15) is 51.0 Å². The van der Waals surface area contributed by atoms with Crippen LogP contribution in [-0.2, 0) is 11.3 Å². The number of nitrogens with zero attached hydrogens (tertiary/aromatic N) is 3. The minimum atomic E-state index is -0.200. The minimum Gasteiger partial charge on any atom is -0.353 e. The van der Waals surface area contributed by atoms with Crippen molar-refractivity contribution in [2.24, 2.45) is 11.8 Å². The number of halogens is 1. The lowest BCUT2D eigenvalue weighted by molar-refractivity contribution is -0.126. The number of para-hydroxylation sites is 2. The summed E-state index contributed by atoms with van der Waals surface area (Å²) in [6.07, 6.45) is 6.44. The van der Waals surface area contributed by atoms with Gasteiger partial charge in [0.2, 0.25) is 11.9 Å². The molecule has 3 aromatic rings. The van der Waals surface area contributed by atoms with Crippen molar-refractivity contribution in [2.45, 2.75) is 58.0 Å². The summed E-state index contributed by atoms with van der Waals surface area (Å²) in [6.45, 7) is 4.24. The normalized spacial score (nSPS) is 21.9. The smallest absolute Gasteiger partial charge is 0.223 e. The highest BCUT2D eigenvalue weighted by Gasteiger charge is 2.30. The lowest BCUT2D eigenvalue weighted by atomic mass is 9.85. The highest BCUT2D eigenvalue weighted by molar-refractivity contribution is 5.80. The number of fused-ring (bicyclic) bond motifs is 1. The molecule has 0 radical (unpaired) electrons. The van der Waals surface area contributed by atoms with Crippen LogP contribution in [-0.4, -0.2) is 34.6 Å². The number of carbonyl (C=O) groups is 1. The first-order valence-corrected chi connectivity index (χ1v) is 12.3. The number of benzene rings is 2. The quantitative estimate of drug-likeness (QED) is 0.588. The molecule has 0 bridgehead atoms. The molecule has 1 amide bonds. The fraction of sp³-hybridized carbons (Fsp3) is 0.481. The first-order valence-electron chi connectivity index (χ1n) is 12.3. The molecule has 5 rings (SSSR count). The molecule has 1 aliphatic carbocycles. The highest BCUT2D eigenvalue weighted by Crippen LogP contribution is 2.29. The van der Waals surface area contributed by atoms with Crippen LogP contribution in [0.4, 0.5) is 10.3 Å². The summed E-state index contributed by atoms with van der Waals surface area (Å²) in [5.74, 6) is 1.50. The van der Waals surface area contributed by atoms with E-state index in [1.165, 1.54) is 25.3 Å². The fourth-order valence-corrected chi connectivity index (χ4v) is 5.43. The van der Waals surface area contributed by atoms with E-state index in [4.69, 9.17) is 4.98 Å². The maximum Gasteiger partial charge on any atom is 0.223 e. The zero-order chi connectivity index (χ0) is 22.8. The van der Waals surface area contributed by atoms with Crippen LogP contribution < -0.4 is 10.2 Å². The van der Waals surface area contributed by atoms with E-state index in [1.807, 2.05) is 36.4 Å². The summed E-state index contributed by atoms with van der Waals surface area (Å²) in [6, 6.07) is 15.3. The van der Waals surface area contributed by atoms with Gasteiger partial charge in [-0.15, -0.1) is 0 Å². The van der Waals surface area contributed by atoms with Gasteiger partial charge in [0.05, 0.1) is 17.6 Å². The molecular weight excluding hydrogens is 415 g/mol. The van der Waals surface area contributed by atoms with Crippen LogP contribution in [0, 0.1) is 17.7 Å². The molecule has 1 aliphatic heterocycles. The summed E-state index contributed by atoms with van der Waals surface area (Å²) in [5.41, 5.74) is 2.56. The van der Waals surface area contributed by atoms with E-state index in [0.717, 1.165) is 49.3 Å². The molecule has 6 heteroatoms. The number of piperidine rings is 1. The van der Waals surface area contributed by atoms with Crippen LogP contribution in [0.3, 0.4) is 0 Å². The van der Waals surface area contributed by atoms with Crippen LogP contribution >= 0.6 is 0 Å². The van der Waals surface area contributed by atoms with Gasteiger partial charge in [-0.1, -0.05) is 50.1 Å². The second-order valence-electron chi connectivity index (χ2n) is 9.72. The van der Waals surface area contributed by atoms with Crippen LogP contribution in [0.2, 0.25) is 0 Å². The van der Waals surface area contributed by atoms with Crippen LogP contribution in [0.15, 0.2) is 48.5 Å². The van der Waals surface area contributed by atoms with Gasteiger partial charge < -0.3 is 14.8 Å². The van der Waals surface area contributed by atoms with Crippen molar-refractivity contribution in [3.8, 4) is 0 Å². The van der Waals surface area contributed by atoms with Gasteiger partial charge in [-0.2, -0.15) is 0 Å². The van der Waals surface area contributed by atoms with Crippen molar-refractivity contribution in [1.29, 1.82) is 0 Å². The lowest BCUT2D eigenvalue weighted by Crippen LogP contribution is -2.47. The van der Waals surface area contributed by atoms with Gasteiger partial charge >= 0.3 is 0 Å². The number of hydrogen-bond donors (Lipinski definition) is 1. The van der Waals surface area contributed by atoms with E-state index >= 15 is 0 Å². The van der Waals surface area contributed by atoms with Gasteiger partial charge in [-0.05, 0) is 49.8 Å². The van der Waals surface area contributed by atoms with E-state index in [0.29, 0.717) is 24.1 Å². The number of anilines is 1. The number of rotatable bonds is 5. The Balaban J connectivity index is 1.31. The molecule has 0 unspecified atom stereocenters. The molecule has 2 aliphatic rings. The van der Waals surface area contributed by atoms with Crippen molar-refractivity contribution in [2.75, 3.05) is 18.0 Å². The predicted molar refractivity (Wildman–Crippen MR) is 130 cm³/mol. The van der Waals surface area contributed by atoms with Gasteiger partial charge in [0, 0.05) is 30.6 Å². The number of aromatic nitrogens is 2. The first-order chi connectivity index (χ1) is 16.1. The average molecular weight is 449 g/mol. The molecule has 2 aromatic carbocycles. The SMILES string of the molecule is C[C@H]1CCCC[C@H]1NC(=O)C1CCN(c2nc3ccccc3n2Cc2ccccc2F)CC1. The summed E-state index contributed by atoms with van der Waals surface area (Å²) in [4.78, 5) is 20.1. The number of carbonyl (C=O) groups excluding carboxylic acids is 1. The Morgan fingerprint density at radius 1 is 1.03 bits per heavy atom. The lowest BCUT2D eigenvalue weighted by Gasteiger charge is -2.35. The van der Waals surface area contributed by atoms with Gasteiger partial charge in [0.25, 0.3) is 0 Å². The molecule has 1 saturated carbocycles. The number of hydrogen-bond acceptors (Lipinski definition) is 3. The Hall–Kier alpha value is -2.89. The average Bonchev–Trinajstić information content (AvgIpc) is 3.20. The topological polar surface area (TPSA) is 50.2 Å². The largest absolute Gasteiger partial charge is 0.353 e. The van der Waals surface area contributed by atoms with Crippen LogP contribution in [0.25, 0.3) is 11.0 Å². The highest BCUT2D eigenvalue weighted by atomic mass is 19.1. The van der Waals surface area contributed by atoms with Gasteiger partial charge in [-0.3, -0.25) is 4.79 Å². The monoisotopic (exact) mass is 448 g/mol. The second kappa shape index (κ2) is 9.54. The Morgan fingerprint density at radius 2 is 1.76 bits per heavy atom. The fourth-order valence-electron chi connectivity index (χ4n) is 5.43. The number of nitrogens with one attached hydrogen (secondary N) is 1. The maximum absolute atomic E-state index is 14.4. The Labute approximate surface area is 195 Å². The molecule has 2 heterocycles. The Morgan fingerprint density at radius 3 is 2.55 bits per heavy atom. The Kier molecular flexibility index (Phi) is 6.34. The first kappa shape index (κ1) is 21.9. The minimum absolute atomic E-state index is 0.0553. The number of imidazole rings is 1. The van der Waals surface area contributed by atoms with Crippen molar-refractivity contribution >= 4 is 22.9 Å². The molecule has 2 atom stereocenters. The van der Waals surface area contributed by atoms with Gasteiger partial charge in [0.1, 0.15) is 5.82 Å². The molecule has 1 saturated heterocycles. The summed E-state index contributed by atoms with van der Waals surface area (Å²) < 4.78 is 16.5. The molecule has 2 fully saturated rings. The zero-order valence-electron chi connectivity index (χ0n) is 19.3. The maximum atomic E-state index is 14.4. The molecular formula is C27H33FN4O. The molecule has 5 nitrogen and oxygen atoms in total. The summed E-state index contributed by atoms with van der Waals surface area (Å²) in [7, 11) is 0. The molecule has 174 valence electrons. The second-order valence-corrected chi connectivity index (χ2v) is 9.72. The van der Waals surface area contributed by atoms with E-state index < -0.39 is 0 Å². The Bertz CT molecular complexity index is 1120. The van der Waals surface area contributed by atoms with E-state index in [-0.39, 0.29) is 17.6 Å². The van der Waals surface area contributed by atoms with Gasteiger partial charge in [-0.25, -0.2) is 9.37 Å². The van der Waals surface area contributed by atoms with Crippen LogP contribution in [0.5, 0.6) is 0 Å². The van der Waals surface area contributed by atoms with E-state index in [9.17, 15) is 9.18 Å². The third kappa shape index (κ3) is 4.61. The number of amides is 1. The third-order valence-electron chi connectivity index (χ3n) is 7.51. The van der Waals surface area contributed by atoms with Crippen molar-refractivity contribution in [3.63, 3.8) is 0 Å². The predicted octanol–water partition coefficient (Wildman–Crippen LogP) is 5.14. The standard InChI is InChI=1S/C27H33FN4O/c1-19-8-2-5-11-23(19)29-26(33)20-14-16-31(17-15-20)27-30-24-12-6-7-13-25(24)32(27)18-21-9-3-4-10-22(21)28/h3-4,6-7,9-10,12-13,19-20,23H,2,5,8,11,14-18H2,1H3,(H,29,33)/t19-,23+/m0/s1. The van der Waals surface area contributed by atoms with Crippen molar-refractivity contribution in [1.82, 2.24) is 14.9 Å². The molecule has 33 heavy (non-hydrogen) atoms. The third-order valence-corrected chi connectivity index (χ3v) is 7.51.